The summed E-state index contributed by atoms with van der Waals surface area (Å²) < 4.78 is 18.8. The van der Waals surface area contributed by atoms with Gasteiger partial charge >= 0.3 is 0 Å². The summed E-state index contributed by atoms with van der Waals surface area (Å²) in [6.07, 6.45) is 1.10. The number of benzene rings is 1. The van der Waals surface area contributed by atoms with E-state index in [1.54, 1.807) is 6.07 Å². The van der Waals surface area contributed by atoms with E-state index in [2.05, 4.69) is 13.8 Å². The van der Waals surface area contributed by atoms with E-state index in [1.807, 2.05) is 18.9 Å². The Morgan fingerprint density at radius 3 is 2.61 bits per heavy atom. The van der Waals surface area contributed by atoms with Gasteiger partial charge in [0.2, 0.25) is 0 Å². The van der Waals surface area contributed by atoms with Gasteiger partial charge in [-0.15, -0.1) is 0 Å². The maximum Gasteiger partial charge on any atom is 0.167 e. The van der Waals surface area contributed by atoms with E-state index in [4.69, 9.17) is 10.5 Å². The van der Waals surface area contributed by atoms with Crippen molar-refractivity contribution < 1.29 is 9.13 Å². The molecule has 0 amide bonds. The van der Waals surface area contributed by atoms with Crippen molar-refractivity contribution in [1.29, 1.82) is 0 Å². The first-order valence-corrected chi connectivity index (χ1v) is 6.42. The Morgan fingerprint density at radius 1 is 1.39 bits per heavy atom. The number of hydrogen-bond acceptors (Lipinski definition) is 3. The highest BCUT2D eigenvalue weighted by atomic mass is 19.1. The standard InChI is InChI=1S/C14H23FN2O/c1-5-10(3)9-17(4)13-8-14(18-6-2)11(15)7-12(13)16/h7-8,10H,5-6,9,16H2,1-4H3. The Kier molecular flexibility index (Phi) is 5.25. The van der Waals surface area contributed by atoms with Crippen LogP contribution < -0.4 is 15.4 Å². The number of nitrogens with two attached hydrogens (primary N) is 1. The first-order chi connectivity index (χ1) is 8.49. The molecular formula is C14H23FN2O. The zero-order valence-corrected chi connectivity index (χ0v) is 11.7. The molecule has 4 heteroatoms. The van der Waals surface area contributed by atoms with E-state index >= 15 is 0 Å². The van der Waals surface area contributed by atoms with Crippen LogP contribution in [0.4, 0.5) is 15.8 Å². The molecule has 0 heterocycles. The van der Waals surface area contributed by atoms with Crippen LogP contribution in [0.25, 0.3) is 0 Å². The van der Waals surface area contributed by atoms with Gasteiger partial charge < -0.3 is 15.4 Å². The van der Waals surface area contributed by atoms with Crippen LogP contribution in [0.2, 0.25) is 0 Å². The van der Waals surface area contributed by atoms with Crippen molar-refractivity contribution in [3.63, 3.8) is 0 Å². The molecule has 3 nitrogen and oxygen atoms in total. The van der Waals surface area contributed by atoms with Crippen LogP contribution in [0.1, 0.15) is 27.2 Å². The average molecular weight is 254 g/mol. The summed E-state index contributed by atoms with van der Waals surface area (Å²) in [4.78, 5) is 2.05. The van der Waals surface area contributed by atoms with Crippen molar-refractivity contribution in [1.82, 2.24) is 0 Å². The monoisotopic (exact) mass is 254 g/mol. The fourth-order valence-electron chi connectivity index (χ4n) is 1.85. The largest absolute Gasteiger partial charge is 0.491 e. The van der Waals surface area contributed by atoms with Crippen LogP contribution in [0, 0.1) is 11.7 Å². The lowest BCUT2D eigenvalue weighted by Crippen LogP contribution is -2.24. The Labute approximate surface area is 109 Å². The predicted molar refractivity (Wildman–Crippen MR) is 74.7 cm³/mol. The lowest BCUT2D eigenvalue weighted by atomic mass is 10.1. The molecule has 0 radical (unpaired) electrons. The zero-order valence-electron chi connectivity index (χ0n) is 11.7. The third kappa shape index (κ3) is 3.52. The van der Waals surface area contributed by atoms with E-state index in [9.17, 15) is 4.39 Å². The Morgan fingerprint density at radius 2 is 2.06 bits per heavy atom. The fourth-order valence-corrected chi connectivity index (χ4v) is 1.85. The predicted octanol–water partition coefficient (Wildman–Crippen LogP) is 3.29. The minimum Gasteiger partial charge on any atom is -0.491 e. The Balaban J connectivity index is 2.96. The normalized spacial score (nSPS) is 12.3. The molecule has 0 spiro atoms. The maximum atomic E-state index is 13.6. The lowest BCUT2D eigenvalue weighted by Gasteiger charge is -2.25. The summed E-state index contributed by atoms with van der Waals surface area (Å²) in [6, 6.07) is 3.00. The smallest absolute Gasteiger partial charge is 0.167 e. The molecule has 0 aromatic heterocycles. The van der Waals surface area contributed by atoms with Crippen LogP contribution in [0.3, 0.4) is 0 Å². The molecule has 1 aromatic carbocycles. The molecule has 2 N–H and O–H groups in total. The molecule has 0 bridgehead atoms. The van der Waals surface area contributed by atoms with Gasteiger partial charge in [0.25, 0.3) is 0 Å². The van der Waals surface area contributed by atoms with Crippen LogP contribution in [-0.4, -0.2) is 20.2 Å². The van der Waals surface area contributed by atoms with Gasteiger partial charge in [0.05, 0.1) is 18.0 Å². The maximum absolute atomic E-state index is 13.6. The van der Waals surface area contributed by atoms with E-state index in [1.165, 1.54) is 6.07 Å². The van der Waals surface area contributed by atoms with Crippen LogP contribution in [0.15, 0.2) is 12.1 Å². The van der Waals surface area contributed by atoms with Crippen LogP contribution in [-0.2, 0) is 0 Å². The number of anilines is 2. The summed E-state index contributed by atoms with van der Waals surface area (Å²) >= 11 is 0. The highest BCUT2D eigenvalue weighted by molar-refractivity contribution is 5.69. The quantitative estimate of drug-likeness (QED) is 0.792. The highest BCUT2D eigenvalue weighted by Gasteiger charge is 2.13. The van der Waals surface area contributed by atoms with Gasteiger partial charge in [-0.1, -0.05) is 20.3 Å². The van der Waals surface area contributed by atoms with Gasteiger partial charge in [-0.2, -0.15) is 0 Å². The first-order valence-electron chi connectivity index (χ1n) is 6.42. The van der Waals surface area contributed by atoms with Gasteiger partial charge in [0, 0.05) is 25.7 Å². The van der Waals surface area contributed by atoms with Crippen molar-refractivity contribution in [3.8, 4) is 5.75 Å². The minimum absolute atomic E-state index is 0.262. The molecule has 0 saturated heterocycles. The second-order valence-corrected chi connectivity index (χ2v) is 4.67. The minimum atomic E-state index is -0.407. The number of halogens is 1. The zero-order chi connectivity index (χ0) is 13.7. The average Bonchev–Trinajstić information content (AvgIpc) is 2.32. The summed E-state index contributed by atoms with van der Waals surface area (Å²) in [5.74, 6) is 0.419. The van der Waals surface area contributed by atoms with Gasteiger partial charge in [0.15, 0.2) is 11.6 Å². The topological polar surface area (TPSA) is 38.5 Å². The Hall–Kier alpha value is -1.45. The summed E-state index contributed by atoms with van der Waals surface area (Å²) in [5.41, 5.74) is 7.13. The number of hydrogen-bond donors (Lipinski definition) is 1. The van der Waals surface area contributed by atoms with Crippen molar-refractivity contribution in [3.05, 3.63) is 17.9 Å². The van der Waals surface area contributed by atoms with Gasteiger partial charge in [-0.25, -0.2) is 4.39 Å². The van der Waals surface area contributed by atoms with E-state index in [-0.39, 0.29) is 5.75 Å². The van der Waals surface area contributed by atoms with Gasteiger partial charge in [0.1, 0.15) is 0 Å². The number of rotatable bonds is 6. The third-order valence-corrected chi connectivity index (χ3v) is 3.07. The van der Waals surface area contributed by atoms with Gasteiger partial charge in [-0.3, -0.25) is 0 Å². The molecular weight excluding hydrogens is 231 g/mol. The SMILES string of the molecule is CCOc1cc(N(C)CC(C)CC)c(N)cc1F. The second kappa shape index (κ2) is 6.47. The van der Waals surface area contributed by atoms with E-state index in [0.29, 0.717) is 18.2 Å². The molecule has 0 saturated carbocycles. The molecule has 1 unspecified atom stereocenters. The van der Waals surface area contributed by atoms with Crippen molar-refractivity contribution in [2.24, 2.45) is 5.92 Å². The van der Waals surface area contributed by atoms with Crippen molar-refractivity contribution in [2.45, 2.75) is 27.2 Å². The first kappa shape index (κ1) is 14.6. The molecule has 0 fully saturated rings. The molecule has 0 aliphatic carbocycles. The summed E-state index contributed by atoms with van der Waals surface area (Å²) in [6.45, 7) is 7.49. The molecule has 1 aromatic rings. The van der Waals surface area contributed by atoms with E-state index in [0.717, 1.165) is 18.7 Å². The van der Waals surface area contributed by atoms with E-state index < -0.39 is 5.82 Å². The van der Waals surface area contributed by atoms with Gasteiger partial charge in [-0.05, 0) is 12.8 Å². The molecule has 1 atom stereocenters. The lowest BCUT2D eigenvalue weighted by molar-refractivity contribution is 0.321. The second-order valence-electron chi connectivity index (χ2n) is 4.67. The molecule has 102 valence electrons. The summed E-state index contributed by atoms with van der Waals surface area (Å²) in [5, 5.41) is 0. The molecule has 0 aliphatic rings. The molecule has 18 heavy (non-hydrogen) atoms. The fraction of sp³-hybridized carbons (Fsp3) is 0.571. The van der Waals surface area contributed by atoms with Crippen molar-refractivity contribution >= 4 is 11.4 Å². The third-order valence-electron chi connectivity index (χ3n) is 3.07. The van der Waals surface area contributed by atoms with Crippen molar-refractivity contribution in [2.75, 3.05) is 30.8 Å². The molecule has 1 rings (SSSR count). The van der Waals surface area contributed by atoms with Crippen LogP contribution >= 0.6 is 0 Å². The summed E-state index contributed by atoms with van der Waals surface area (Å²) in [7, 11) is 1.96. The molecule has 0 aliphatic heterocycles. The number of nitrogens with zero attached hydrogens (tertiary/aromatic N) is 1. The number of ether oxygens (including phenoxy) is 1. The highest BCUT2D eigenvalue weighted by Crippen LogP contribution is 2.31. The van der Waals surface area contributed by atoms with Crippen LogP contribution in [0.5, 0.6) is 5.75 Å². The number of nitrogen functional groups attached to an aromatic ring is 1. The Bertz CT molecular complexity index is 396.